The van der Waals surface area contributed by atoms with Gasteiger partial charge in [0.1, 0.15) is 12.4 Å². The highest BCUT2D eigenvalue weighted by Gasteiger charge is 2.36. The van der Waals surface area contributed by atoms with Crippen molar-refractivity contribution in [3.8, 4) is 0 Å². The molecule has 1 fully saturated rings. The molecule has 0 bridgehead atoms. The number of halogens is 3. The van der Waals surface area contributed by atoms with Gasteiger partial charge in [-0.05, 0) is 30.5 Å². The molecule has 23 heavy (non-hydrogen) atoms. The summed E-state index contributed by atoms with van der Waals surface area (Å²) in [5.74, 6) is 0.291. The molecule has 8 heteroatoms. The molecule has 2 aliphatic rings. The van der Waals surface area contributed by atoms with Crippen LogP contribution in [0.2, 0.25) is 0 Å². The van der Waals surface area contributed by atoms with E-state index in [9.17, 15) is 18.0 Å². The maximum absolute atomic E-state index is 13.5. The summed E-state index contributed by atoms with van der Waals surface area (Å²) < 4.78 is 40.4. The molecule has 1 aromatic rings. The third-order valence-corrected chi connectivity index (χ3v) is 4.04. The number of carbonyl (C=O) groups excluding carboxylic acids is 1. The van der Waals surface area contributed by atoms with E-state index in [1.165, 1.54) is 6.07 Å². The van der Waals surface area contributed by atoms with Gasteiger partial charge in [-0.3, -0.25) is 20.6 Å². The van der Waals surface area contributed by atoms with Crippen LogP contribution >= 0.6 is 0 Å². The average molecular weight is 326 g/mol. The zero-order chi connectivity index (χ0) is 16.6. The number of nitrogens with one attached hydrogen (secondary N) is 2. The van der Waals surface area contributed by atoms with Crippen LogP contribution in [0.25, 0.3) is 0 Å². The molecule has 124 valence electrons. The number of hydrogen-bond donors (Lipinski definition) is 2. The van der Waals surface area contributed by atoms with Crippen molar-refractivity contribution in [2.75, 3.05) is 24.5 Å². The molecule has 3 rings (SSSR count). The van der Waals surface area contributed by atoms with Crippen LogP contribution < -0.4 is 15.8 Å². The van der Waals surface area contributed by atoms with Gasteiger partial charge in [-0.15, -0.1) is 0 Å². The number of alkyl halides is 3. The topological polar surface area (TPSA) is 56.7 Å². The molecule has 1 saturated heterocycles. The fourth-order valence-corrected chi connectivity index (χ4v) is 2.86. The van der Waals surface area contributed by atoms with Gasteiger partial charge in [0, 0.05) is 24.3 Å². The summed E-state index contributed by atoms with van der Waals surface area (Å²) in [5.41, 5.74) is 4.71. The number of rotatable bonds is 2. The first kappa shape index (κ1) is 15.6. The minimum atomic E-state index is -4.45. The van der Waals surface area contributed by atoms with Crippen LogP contribution in [0.4, 0.5) is 18.9 Å². The van der Waals surface area contributed by atoms with Crippen molar-refractivity contribution in [2.24, 2.45) is 10.9 Å². The van der Waals surface area contributed by atoms with Crippen LogP contribution in [-0.4, -0.2) is 31.4 Å². The first-order valence-corrected chi connectivity index (χ1v) is 7.40. The standard InChI is InChI=1S/C15H17F3N4O/c1-9-4-5-22(8-9)12-3-2-10(6-11(12)15(16,17)18)14-19-7-13(23)20-21-14/h2-3,6,9H,4-5,7-8H2,1H3,(H,19,21)(H,20,23). The van der Waals surface area contributed by atoms with Gasteiger partial charge in [-0.25, -0.2) is 0 Å². The predicted octanol–water partition coefficient (Wildman–Crippen LogP) is 1.93. The monoisotopic (exact) mass is 326 g/mol. The van der Waals surface area contributed by atoms with Crippen LogP contribution in [0.15, 0.2) is 23.2 Å². The Bertz CT molecular complexity index is 657. The number of amides is 1. The zero-order valence-corrected chi connectivity index (χ0v) is 12.6. The Morgan fingerprint density at radius 2 is 2.09 bits per heavy atom. The van der Waals surface area contributed by atoms with Gasteiger partial charge in [0.05, 0.1) is 5.56 Å². The van der Waals surface area contributed by atoms with Crippen molar-refractivity contribution in [3.05, 3.63) is 29.3 Å². The van der Waals surface area contributed by atoms with Crippen molar-refractivity contribution in [2.45, 2.75) is 19.5 Å². The SMILES string of the molecule is CC1CCN(c2ccc(C3=NCC(=O)NN3)cc2C(F)(F)F)C1. The minimum Gasteiger partial charge on any atom is -0.371 e. The van der Waals surface area contributed by atoms with E-state index in [1.54, 1.807) is 11.0 Å². The second-order valence-electron chi connectivity index (χ2n) is 5.91. The maximum atomic E-state index is 13.5. The second-order valence-corrected chi connectivity index (χ2v) is 5.91. The lowest BCUT2D eigenvalue weighted by atomic mass is 10.1. The van der Waals surface area contributed by atoms with E-state index < -0.39 is 11.7 Å². The number of anilines is 1. The van der Waals surface area contributed by atoms with Gasteiger partial charge in [-0.2, -0.15) is 13.2 Å². The summed E-state index contributed by atoms with van der Waals surface area (Å²) in [6.07, 6.45) is -3.56. The third kappa shape index (κ3) is 3.25. The van der Waals surface area contributed by atoms with E-state index in [1.807, 2.05) is 6.92 Å². The number of benzene rings is 1. The number of hydrazine groups is 1. The van der Waals surface area contributed by atoms with Crippen molar-refractivity contribution in [1.82, 2.24) is 10.9 Å². The van der Waals surface area contributed by atoms with Crippen LogP contribution in [0.5, 0.6) is 0 Å². The molecular weight excluding hydrogens is 309 g/mol. The molecule has 2 N–H and O–H groups in total. The molecule has 0 aliphatic carbocycles. The lowest BCUT2D eigenvalue weighted by molar-refractivity contribution is -0.137. The number of aliphatic imine (C=N–C) groups is 1. The summed E-state index contributed by atoms with van der Waals surface area (Å²) in [4.78, 5) is 16.8. The lowest BCUT2D eigenvalue weighted by Crippen LogP contribution is -2.47. The Kier molecular flexibility index (Phi) is 3.91. The van der Waals surface area contributed by atoms with E-state index >= 15 is 0 Å². The second kappa shape index (κ2) is 5.75. The summed E-state index contributed by atoms with van der Waals surface area (Å²) in [6.45, 7) is 3.18. The Labute approximate surface area is 131 Å². The van der Waals surface area contributed by atoms with Crippen molar-refractivity contribution in [3.63, 3.8) is 0 Å². The Balaban J connectivity index is 1.97. The Hall–Kier alpha value is -2.25. The number of amidine groups is 1. The van der Waals surface area contributed by atoms with Gasteiger partial charge in [-0.1, -0.05) is 6.92 Å². The number of nitrogens with zero attached hydrogens (tertiary/aromatic N) is 2. The van der Waals surface area contributed by atoms with Crippen LogP contribution in [0.3, 0.4) is 0 Å². The fourth-order valence-electron chi connectivity index (χ4n) is 2.86. The Morgan fingerprint density at radius 1 is 1.30 bits per heavy atom. The normalized spacial score (nSPS) is 21.7. The van der Waals surface area contributed by atoms with E-state index in [-0.39, 0.29) is 24.0 Å². The van der Waals surface area contributed by atoms with Crippen LogP contribution in [0, 0.1) is 5.92 Å². The third-order valence-electron chi connectivity index (χ3n) is 4.04. The van der Waals surface area contributed by atoms with E-state index in [2.05, 4.69) is 15.8 Å². The van der Waals surface area contributed by atoms with Crippen LogP contribution in [-0.2, 0) is 11.0 Å². The molecular formula is C15H17F3N4O. The molecule has 0 saturated carbocycles. The summed E-state index contributed by atoms with van der Waals surface area (Å²) in [5, 5.41) is 0. The van der Waals surface area contributed by atoms with Crippen LogP contribution in [0.1, 0.15) is 24.5 Å². The molecule has 2 heterocycles. The van der Waals surface area contributed by atoms with Gasteiger partial charge in [0.15, 0.2) is 0 Å². The molecule has 0 aromatic heterocycles. The highest BCUT2D eigenvalue weighted by atomic mass is 19.4. The highest BCUT2D eigenvalue weighted by Crippen LogP contribution is 2.39. The fraction of sp³-hybridized carbons (Fsp3) is 0.467. The van der Waals surface area contributed by atoms with E-state index in [0.29, 0.717) is 24.6 Å². The molecule has 5 nitrogen and oxygen atoms in total. The molecule has 2 aliphatic heterocycles. The molecule has 1 unspecified atom stereocenters. The van der Waals surface area contributed by atoms with Crippen molar-refractivity contribution >= 4 is 17.4 Å². The summed E-state index contributed by atoms with van der Waals surface area (Å²) >= 11 is 0. The average Bonchev–Trinajstić information content (AvgIpc) is 2.93. The predicted molar refractivity (Wildman–Crippen MR) is 80.1 cm³/mol. The van der Waals surface area contributed by atoms with Crippen molar-refractivity contribution < 1.29 is 18.0 Å². The minimum absolute atomic E-state index is 0.102. The highest BCUT2D eigenvalue weighted by molar-refractivity contribution is 6.03. The smallest absolute Gasteiger partial charge is 0.371 e. The zero-order valence-electron chi connectivity index (χ0n) is 12.6. The summed E-state index contributed by atoms with van der Waals surface area (Å²) in [7, 11) is 0. The van der Waals surface area contributed by atoms with Crippen molar-refractivity contribution in [1.29, 1.82) is 0 Å². The molecule has 0 spiro atoms. The first-order chi connectivity index (χ1) is 10.8. The van der Waals surface area contributed by atoms with E-state index in [0.717, 1.165) is 12.5 Å². The molecule has 1 amide bonds. The number of carbonyl (C=O) groups is 1. The van der Waals surface area contributed by atoms with Gasteiger partial charge in [0.2, 0.25) is 0 Å². The quantitative estimate of drug-likeness (QED) is 0.873. The largest absolute Gasteiger partial charge is 0.418 e. The lowest BCUT2D eigenvalue weighted by Gasteiger charge is -2.24. The molecule has 1 aromatic carbocycles. The Morgan fingerprint density at radius 3 is 2.65 bits per heavy atom. The van der Waals surface area contributed by atoms with Gasteiger partial charge >= 0.3 is 6.18 Å². The summed E-state index contributed by atoms with van der Waals surface area (Å²) in [6, 6.07) is 4.16. The maximum Gasteiger partial charge on any atom is 0.418 e. The van der Waals surface area contributed by atoms with Gasteiger partial charge < -0.3 is 4.90 Å². The van der Waals surface area contributed by atoms with E-state index in [4.69, 9.17) is 0 Å². The number of hydrogen-bond acceptors (Lipinski definition) is 4. The van der Waals surface area contributed by atoms with Gasteiger partial charge in [0.25, 0.3) is 5.91 Å². The first-order valence-electron chi connectivity index (χ1n) is 7.40. The molecule has 1 atom stereocenters. The molecule has 0 radical (unpaired) electrons.